The lowest BCUT2D eigenvalue weighted by atomic mass is 10.0. The standard InChI is InChI=1S/C10H22N2O2/c1-4-10(2,11)8-14-7-5-6-9(13)12-3/h4-8,11H2,1-3H3,(H,12,13). The van der Waals surface area contributed by atoms with Gasteiger partial charge in [0.15, 0.2) is 0 Å². The molecule has 0 spiro atoms. The van der Waals surface area contributed by atoms with Gasteiger partial charge >= 0.3 is 0 Å². The molecule has 0 heterocycles. The normalized spacial score (nSPS) is 14.9. The molecule has 1 unspecified atom stereocenters. The summed E-state index contributed by atoms with van der Waals surface area (Å²) in [5.41, 5.74) is 5.64. The van der Waals surface area contributed by atoms with E-state index in [1.807, 2.05) is 13.8 Å². The third-order valence-corrected chi connectivity index (χ3v) is 2.21. The highest BCUT2D eigenvalue weighted by Gasteiger charge is 2.15. The first kappa shape index (κ1) is 13.4. The van der Waals surface area contributed by atoms with Gasteiger partial charge in [-0.3, -0.25) is 4.79 Å². The lowest BCUT2D eigenvalue weighted by Gasteiger charge is -2.22. The summed E-state index contributed by atoms with van der Waals surface area (Å²) in [5.74, 6) is 0.0552. The van der Waals surface area contributed by atoms with Gasteiger partial charge in [-0.1, -0.05) is 6.92 Å². The molecule has 0 radical (unpaired) electrons. The molecular weight excluding hydrogens is 180 g/mol. The van der Waals surface area contributed by atoms with Gasteiger partial charge in [-0.05, 0) is 19.8 Å². The summed E-state index contributed by atoms with van der Waals surface area (Å²) in [7, 11) is 1.64. The molecular formula is C10H22N2O2. The maximum absolute atomic E-state index is 10.8. The van der Waals surface area contributed by atoms with Crippen LogP contribution < -0.4 is 11.1 Å². The van der Waals surface area contributed by atoms with Gasteiger partial charge in [-0.15, -0.1) is 0 Å². The summed E-state index contributed by atoms with van der Waals surface area (Å²) < 4.78 is 5.38. The van der Waals surface area contributed by atoms with Gasteiger partial charge in [0.05, 0.1) is 6.61 Å². The number of hydrogen-bond acceptors (Lipinski definition) is 3. The van der Waals surface area contributed by atoms with E-state index in [1.54, 1.807) is 7.05 Å². The summed E-state index contributed by atoms with van der Waals surface area (Å²) in [6.07, 6.45) is 2.16. The molecule has 0 saturated heterocycles. The van der Waals surface area contributed by atoms with Gasteiger partial charge in [0.1, 0.15) is 0 Å². The number of carbonyl (C=O) groups excluding carboxylic acids is 1. The topological polar surface area (TPSA) is 64.3 Å². The van der Waals surface area contributed by atoms with Crippen LogP contribution in [0.1, 0.15) is 33.1 Å². The molecule has 4 nitrogen and oxygen atoms in total. The molecule has 0 bridgehead atoms. The summed E-state index contributed by atoms with van der Waals surface area (Å²) >= 11 is 0. The van der Waals surface area contributed by atoms with Gasteiger partial charge < -0.3 is 15.8 Å². The SMILES string of the molecule is CCC(C)(N)COCCCC(=O)NC. The lowest BCUT2D eigenvalue weighted by Crippen LogP contribution is -2.40. The van der Waals surface area contributed by atoms with Crippen LogP contribution in [0.3, 0.4) is 0 Å². The number of ether oxygens (including phenoxy) is 1. The molecule has 0 aromatic heterocycles. The Kier molecular flexibility index (Phi) is 6.49. The summed E-state index contributed by atoms with van der Waals surface area (Å²) in [4.78, 5) is 10.8. The van der Waals surface area contributed by atoms with Gasteiger partial charge in [-0.2, -0.15) is 0 Å². The molecule has 84 valence electrons. The predicted molar refractivity (Wildman–Crippen MR) is 57.0 cm³/mol. The predicted octanol–water partition coefficient (Wildman–Crippen LogP) is 0.657. The number of nitrogens with one attached hydrogen (secondary N) is 1. The van der Waals surface area contributed by atoms with Gasteiger partial charge in [0, 0.05) is 25.6 Å². The Morgan fingerprint density at radius 3 is 2.71 bits per heavy atom. The smallest absolute Gasteiger partial charge is 0.219 e. The minimum atomic E-state index is -0.243. The fourth-order valence-electron chi connectivity index (χ4n) is 0.867. The van der Waals surface area contributed by atoms with Crippen LogP contribution in [0.4, 0.5) is 0 Å². The third kappa shape index (κ3) is 6.86. The molecule has 0 aliphatic rings. The van der Waals surface area contributed by atoms with Crippen LogP contribution in [0.2, 0.25) is 0 Å². The van der Waals surface area contributed by atoms with Crippen molar-refractivity contribution in [2.75, 3.05) is 20.3 Å². The number of nitrogens with two attached hydrogens (primary N) is 1. The van der Waals surface area contributed by atoms with E-state index in [0.29, 0.717) is 19.6 Å². The molecule has 3 N–H and O–H groups in total. The highest BCUT2D eigenvalue weighted by Crippen LogP contribution is 2.05. The van der Waals surface area contributed by atoms with E-state index in [1.165, 1.54) is 0 Å². The molecule has 0 fully saturated rings. The van der Waals surface area contributed by atoms with Crippen molar-refractivity contribution in [3.8, 4) is 0 Å². The van der Waals surface area contributed by atoms with Crippen LogP contribution in [0, 0.1) is 0 Å². The van der Waals surface area contributed by atoms with Crippen molar-refractivity contribution in [2.45, 2.75) is 38.6 Å². The molecule has 0 rings (SSSR count). The summed E-state index contributed by atoms with van der Waals surface area (Å²) in [6, 6.07) is 0. The quantitative estimate of drug-likeness (QED) is 0.596. The van der Waals surface area contributed by atoms with E-state index in [-0.39, 0.29) is 11.4 Å². The number of hydrogen-bond donors (Lipinski definition) is 2. The molecule has 1 amide bonds. The average Bonchev–Trinajstić information content (AvgIpc) is 2.17. The van der Waals surface area contributed by atoms with E-state index in [0.717, 1.165) is 12.8 Å². The molecule has 0 aliphatic heterocycles. The van der Waals surface area contributed by atoms with Gasteiger partial charge in [-0.25, -0.2) is 0 Å². The zero-order valence-corrected chi connectivity index (χ0v) is 9.43. The summed E-state index contributed by atoms with van der Waals surface area (Å²) in [6.45, 7) is 5.15. The Balaban J connectivity index is 3.34. The fourth-order valence-corrected chi connectivity index (χ4v) is 0.867. The Bertz CT molecular complexity index is 170. The van der Waals surface area contributed by atoms with Crippen molar-refractivity contribution in [2.24, 2.45) is 5.73 Å². The second kappa shape index (κ2) is 6.79. The van der Waals surface area contributed by atoms with E-state index in [9.17, 15) is 4.79 Å². The second-order valence-electron chi connectivity index (χ2n) is 3.84. The molecule has 1 atom stereocenters. The van der Waals surface area contributed by atoms with Gasteiger partial charge in [0.2, 0.25) is 5.91 Å². The molecule has 0 saturated carbocycles. The summed E-state index contributed by atoms with van der Waals surface area (Å²) in [5, 5.41) is 2.56. The van der Waals surface area contributed by atoms with Crippen molar-refractivity contribution in [3.05, 3.63) is 0 Å². The lowest BCUT2D eigenvalue weighted by molar-refractivity contribution is -0.120. The Hall–Kier alpha value is -0.610. The fraction of sp³-hybridized carbons (Fsp3) is 0.900. The molecule has 0 aliphatic carbocycles. The van der Waals surface area contributed by atoms with Crippen LogP contribution >= 0.6 is 0 Å². The Labute approximate surface area is 86.2 Å². The average molecular weight is 202 g/mol. The van der Waals surface area contributed by atoms with E-state index in [4.69, 9.17) is 10.5 Å². The Morgan fingerprint density at radius 1 is 1.57 bits per heavy atom. The second-order valence-corrected chi connectivity index (χ2v) is 3.84. The van der Waals surface area contributed by atoms with Crippen molar-refractivity contribution >= 4 is 5.91 Å². The van der Waals surface area contributed by atoms with Crippen LogP contribution in [0.5, 0.6) is 0 Å². The maximum atomic E-state index is 10.8. The molecule has 4 heteroatoms. The number of rotatable bonds is 7. The first-order chi connectivity index (χ1) is 6.52. The zero-order valence-electron chi connectivity index (χ0n) is 9.43. The van der Waals surface area contributed by atoms with Crippen LogP contribution in [-0.4, -0.2) is 31.7 Å². The zero-order chi connectivity index (χ0) is 11.0. The minimum absolute atomic E-state index is 0.0552. The molecule has 0 aromatic rings. The largest absolute Gasteiger partial charge is 0.380 e. The highest BCUT2D eigenvalue weighted by molar-refractivity contribution is 5.75. The monoisotopic (exact) mass is 202 g/mol. The van der Waals surface area contributed by atoms with Crippen LogP contribution in [0.25, 0.3) is 0 Å². The third-order valence-electron chi connectivity index (χ3n) is 2.21. The maximum Gasteiger partial charge on any atom is 0.219 e. The minimum Gasteiger partial charge on any atom is -0.380 e. The molecule has 14 heavy (non-hydrogen) atoms. The first-order valence-corrected chi connectivity index (χ1v) is 5.09. The van der Waals surface area contributed by atoms with E-state index >= 15 is 0 Å². The highest BCUT2D eigenvalue weighted by atomic mass is 16.5. The van der Waals surface area contributed by atoms with E-state index < -0.39 is 0 Å². The Morgan fingerprint density at radius 2 is 2.21 bits per heavy atom. The number of amides is 1. The van der Waals surface area contributed by atoms with E-state index in [2.05, 4.69) is 5.32 Å². The number of carbonyl (C=O) groups is 1. The van der Waals surface area contributed by atoms with Crippen molar-refractivity contribution in [3.63, 3.8) is 0 Å². The van der Waals surface area contributed by atoms with Crippen molar-refractivity contribution in [1.29, 1.82) is 0 Å². The molecule has 0 aromatic carbocycles. The van der Waals surface area contributed by atoms with Crippen molar-refractivity contribution in [1.82, 2.24) is 5.32 Å². The van der Waals surface area contributed by atoms with Gasteiger partial charge in [0.25, 0.3) is 0 Å². The first-order valence-electron chi connectivity index (χ1n) is 5.09. The van der Waals surface area contributed by atoms with Crippen LogP contribution in [0.15, 0.2) is 0 Å². The van der Waals surface area contributed by atoms with Crippen molar-refractivity contribution < 1.29 is 9.53 Å². The van der Waals surface area contributed by atoms with Crippen LogP contribution in [-0.2, 0) is 9.53 Å².